The quantitative estimate of drug-likeness (QED) is 0.141. The van der Waals surface area contributed by atoms with Gasteiger partial charge in [-0.3, -0.25) is 0 Å². The van der Waals surface area contributed by atoms with Crippen molar-refractivity contribution < 1.29 is 14.3 Å². The summed E-state index contributed by atoms with van der Waals surface area (Å²) in [5.41, 5.74) is 8.52. The number of benzene rings is 3. The van der Waals surface area contributed by atoms with E-state index in [1.54, 1.807) is 6.07 Å². The van der Waals surface area contributed by atoms with Gasteiger partial charge in [-0.15, -0.1) is 0 Å². The van der Waals surface area contributed by atoms with Crippen LogP contribution in [-0.4, -0.2) is 30.7 Å². The van der Waals surface area contributed by atoms with E-state index >= 15 is 0 Å². The molecule has 0 fully saturated rings. The molecule has 0 bridgehead atoms. The lowest BCUT2D eigenvalue weighted by atomic mass is 10.0. The molecule has 3 aromatic carbocycles. The number of carbonyl (C=O) groups is 1. The van der Waals surface area contributed by atoms with Crippen LogP contribution in [-0.2, 0) is 17.7 Å². The van der Waals surface area contributed by atoms with Gasteiger partial charge in [0.2, 0.25) is 0 Å². The minimum atomic E-state index is -0.717. The van der Waals surface area contributed by atoms with Crippen molar-refractivity contribution in [3.8, 4) is 28.1 Å². The molecule has 0 saturated heterocycles. The number of hydrogen-bond acceptors (Lipinski definition) is 5. The number of aryl methyl sites for hydroxylation is 2. The van der Waals surface area contributed by atoms with E-state index in [0.717, 1.165) is 68.9 Å². The third-order valence-electron chi connectivity index (χ3n) is 7.33. The summed E-state index contributed by atoms with van der Waals surface area (Å²) in [6.07, 6.45) is 5.28. The number of ether oxygens (including phenoxy) is 2. The summed E-state index contributed by atoms with van der Waals surface area (Å²) in [5, 5.41) is 0. The van der Waals surface area contributed by atoms with E-state index in [9.17, 15) is 4.79 Å². The van der Waals surface area contributed by atoms with E-state index in [2.05, 4.69) is 61.0 Å². The first-order valence-corrected chi connectivity index (χ1v) is 14.7. The second-order valence-electron chi connectivity index (χ2n) is 11.9. The predicted octanol–water partition coefficient (Wildman–Crippen LogP) is 8.64. The van der Waals surface area contributed by atoms with Crippen LogP contribution in [0.25, 0.3) is 39.1 Å². The van der Waals surface area contributed by atoms with E-state index in [4.69, 9.17) is 19.4 Å². The van der Waals surface area contributed by atoms with Gasteiger partial charge in [-0.05, 0) is 81.1 Å². The van der Waals surface area contributed by atoms with E-state index in [0.29, 0.717) is 12.3 Å². The van der Waals surface area contributed by atoms with Crippen molar-refractivity contribution in [2.24, 2.45) is 0 Å². The summed E-state index contributed by atoms with van der Waals surface area (Å²) in [7, 11) is 0. The minimum Gasteiger partial charge on any atom is -0.428 e. The van der Waals surface area contributed by atoms with Gasteiger partial charge in [-0.1, -0.05) is 55.5 Å². The van der Waals surface area contributed by atoms with Crippen molar-refractivity contribution >= 4 is 22.8 Å². The Morgan fingerprint density at radius 1 is 0.907 bits per heavy atom. The van der Waals surface area contributed by atoms with E-state index in [1.807, 2.05) is 67.8 Å². The Morgan fingerprint density at radius 3 is 2.42 bits per heavy atom. The van der Waals surface area contributed by atoms with E-state index < -0.39 is 11.8 Å². The topological polar surface area (TPSA) is 70.7 Å². The van der Waals surface area contributed by atoms with Crippen molar-refractivity contribution in [1.82, 2.24) is 18.9 Å². The molecule has 218 valence electrons. The maximum absolute atomic E-state index is 12.4. The Morgan fingerprint density at radius 2 is 1.67 bits per heavy atom. The van der Waals surface area contributed by atoms with Crippen LogP contribution in [0.5, 0.6) is 5.75 Å². The van der Waals surface area contributed by atoms with Gasteiger partial charge >= 0.3 is 6.16 Å². The molecule has 0 atom stereocenters. The van der Waals surface area contributed by atoms with Crippen LogP contribution in [0, 0.1) is 6.92 Å². The van der Waals surface area contributed by atoms with E-state index in [-0.39, 0.29) is 0 Å². The zero-order chi connectivity index (χ0) is 30.1. The molecule has 0 amide bonds. The Kier molecular flexibility index (Phi) is 7.48. The van der Waals surface area contributed by atoms with Crippen LogP contribution in [0.3, 0.4) is 0 Å². The highest BCUT2D eigenvalue weighted by Crippen LogP contribution is 2.32. The van der Waals surface area contributed by atoms with Crippen LogP contribution in [0.4, 0.5) is 4.79 Å². The molecule has 0 N–H and O–H groups in total. The summed E-state index contributed by atoms with van der Waals surface area (Å²) >= 11 is 0. The monoisotopic (exact) mass is 572 g/mol. The molecule has 3 aromatic heterocycles. The Balaban J connectivity index is 1.32. The summed E-state index contributed by atoms with van der Waals surface area (Å²) in [6, 6.07) is 26.3. The highest BCUT2D eigenvalue weighted by Gasteiger charge is 2.20. The Labute approximate surface area is 251 Å². The van der Waals surface area contributed by atoms with Crippen molar-refractivity contribution in [3.05, 3.63) is 108 Å². The minimum absolute atomic E-state index is 0.463. The molecule has 0 saturated carbocycles. The number of rotatable bonds is 7. The van der Waals surface area contributed by atoms with Crippen molar-refractivity contribution in [2.75, 3.05) is 0 Å². The fourth-order valence-corrected chi connectivity index (χ4v) is 5.38. The van der Waals surface area contributed by atoms with Crippen LogP contribution in [0.1, 0.15) is 51.1 Å². The number of carbonyl (C=O) groups excluding carboxylic acids is 1. The van der Waals surface area contributed by atoms with Gasteiger partial charge in [0.25, 0.3) is 0 Å². The molecule has 3 heterocycles. The van der Waals surface area contributed by atoms with Crippen molar-refractivity contribution in [2.45, 2.75) is 59.6 Å². The largest absolute Gasteiger partial charge is 0.514 e. The molecule has 6 aromatic rings. The van der Waals surface area contributed by atoms with Crippen molar-refractivity contribution in [3.63, 3.8) is 0 Å². The second-order valence-corrected chi connectivity index (χ2v) is 11.9. The smallest absolute Gasteiger partial charge is 0.428 e. The molecule has 7 heteroatoms. The molecule has 43 heavy (non-hydrogen) atoms. The van der Waals surface area contributed by atoms with Gasteiger partial charge in [0, 0.05) is 36.5 Å². The highest BCUT2D eigenvalue weighted by atomic mass is 16.7. The molecule has 7 nitrogen and oxygen atoms in total. The van der Waals surface area contributed by atoms with Crippen LogP contribution in [0.2, 0.25) is 0 Å². The zero-order valence-electron chi connectivity index (χ0n) is 25.3. The number of nitrogens with zero attached hydrogens (tertiary/aromatic N) is 4. The van der Waals surface area contributed by atoms with Gasteiger partial charge < -0.3 is 18.4 Å². The average Bonchev–Trinajstić information content (AvgIpc) is 3.55. The summed E-state index contributed by atoms with van der Waals surface area (Å²) in [6.45, 7) is 10.4. The number of para-hydroxylation sites is 1. The first kappa shape index (κ1) is 28.2. The molecular formula is C36H36N4O3. The van der Waals surface area contributed by atoms with E-state index in [1.165, 1.54) is 0 Å². The zero-order valence-corrected chi connectivity index (χ0v) is 25.3. The van der Waals surface area contributed by atoms with Gasteiger partial charge in [0.1, 0.15) is 22.8 Å². The third-order valence-corrected chi connectivity index (χ3v) is 7.33. The molecule has 6 rings (SSSR count). The first-order chi connectivity index (χ1) is 20.7. The maximum atomic E-state index is 12.4. The number of hydrogen-bond donors (Lipinski definition) is 0. The van der Waals surface area contributed by atoms with Crippen LogP contribution in [0.15, 0.2) is 91.3 Å². The Bertz CT molecular complexity index is 1890. The molecule has 0 aliphatic carbocycles. The van der Waals surface area contributed by atoms with Crippen LogP contribution < -0.4 is 4.74 Å². The molecular weight excluding hydrogens is 536 g/mol. The number of fused-ring (bicyclic) bond motifs is 2. The fourth-order valence-electron chi connectivity index (χ4n) is 5.38. The molecule has 0 spiro atoms. The summed E-state index contributed by atoms with van der Waals surface area (Å²) in [5.74, 6) is 1.54. The van der Waals surface area contributed by atoms with Gasteiger partial charge in [0.05, 0.1) is 16.7 Å². The van der Waals surface area contributed by atoms with Crippen molar-refractivity contribution in [1.29, 1.82) is 0 Å². The van der Waals surface area contributed by atoms with Gasteiger partial charge in [-0.25, -0.2) is 14.8 Å². The first-order valence-electron chi connectivity index (χ1n) is 14.7. The summed E-state index contributed by atoms with van der Waals surface area (Å²) in [4.78, 5) is 22.3. The van der Waals surface area contributed by atoms with Gasteiger partial charge in [0.15, 0.2) is 0 Å². The molecule has 0 aliphatic rings. The Hall–Kier alpha value is -4.91. The standard InChI is InChI=1S/C36H36N4O3/c1-6-11-33-38-34-24(2)20-27(29-23-39-19-10-9-14-32(39)37-29)21-30(34)40(33)22-25-15-17-26(18-16-25)28-12-7-8-13-31(28)42-35(41)43-36(3,4)5/h7-10,12-21,23H,6,11,22H2,1-5H3. The number of imidazole rings is 2. The third kappa shape index (κ3) is 6.02. The number of aromatic nitrogens is 4. The van der Waals surface area contributed by atoms with Gasteiger partial charge in [-0.2, -0.15) is 0 Å². The lowest BCUT2D eigenvalue weighted by molar-refractivity contribution is 0.0207. The lowest BCUT2D eigenvalue weighted by Crippen LogP contribution is -2.26. The SMILES string of the molecule is CCCc1nc2c(C)cc(-c3cn4ccccc4n3)cc2n1Cc1ccc(-c2ccccc2OC(=O)OC(C)(C)C)cc1. The number of pyridine rings is 1. The predicted molar refractivity (Wildman–Crippen MR) is 170 cm³/mol. The summed E-state index contributed by atoms with van der Waals surface area (Å²) < 4.78 is 15.3. The highest BCUT2D eigenvalue weighted by molar-refractivity contribution is 5.85. The molecule has 0 aliphatic heterocycles. The normalized spacial score (nSPS) is 11.7. The second kappa shape index (κ2) is 11.4. The molecule has 0 unspecified atom stereocenters. The van der Waals surface area contributed by atoms with Crippen LogP contribution >= 0.6 is 0 Å². The fraction of sp³-hybridized carbons (Fsp3) is 0.250. The average molecular weight is 573 g/mol. The maximum Gasteiger partial charge on any atom is 0.514 e. The lowest BCUT2D eigenvalue weighted by Gasteiger charge is -2.19. The molecule has 0 radical (unpaired) electrons.